The lowest BCUT2D eigenvalue weighted by molar-refractivity contribution is -0.189. The predicted molar refractivity (Wildman–Crippen MR) is 114 cm³/mol. The quantitative estimate of drug-likeness (QED) is 0.399. The minimum atomic E-state index is -4.69. The minimum Gasteiger partial charge on any atom is -0.481 e. The molecule has 2 heterocycles. The van der Waals surface area contributed by atoms with Gasteiger partial charge in [-0.3, -0.25) is 4.57 Å². The van der Waals surface area contributed by atoms with Crippen molar-refractivity contribution in [3.05, 3.63) is 68.9 Å². The van der Waals surface area contributed by atoms with E-state index in [1.165, 1.54) is 18.3 Å². The van der Waals surface area contributed by atoms with E-state index in [0.29, 0.717) is 10.2 Å². The Morgan fingerprint density at radius 3 is 2.55 bits per heavy atom. The molecule has 0 radical (unpaired) electrons. The van der Waals surface area contributed by atoms with E-state index >= 15 is 0 Å². The highest BCUT2D eigenvalue weighted by Crippen LogP contribution is 2.31. The van der Waals surface area contributed by atoms with E-state index in [-0.39, 0.29) is 28.8 Å². The van der Waals surface area contributed by atoms with Gasteiger partial charge in [0.05, 0.1) is 0 Å². The van der Waals surface area contributed by atoms with Crippen LogP contribution in [0.25, 0.3) is 17.8 Å². The van der Waals surface area contributed by atoms with E-state index in [1.807, 2.05) is 0 Å². The molecule has 0 unspecified atom stereocenters. The first-order valence-electron chi connectivity index (χ1n) is 9.72. The number of ether oxygens (including phenoxy) is 1. The van der Waals surface area contributed by atoms with Crippen molar-refractivity contribution in [1.82, 2.24) is 19.3 Å². The Kier molecular flexibility index (Phi) is 7.23. The summed E-state index contributed by atoms with van der Waals surface area (Å²) in [5, 5.41) is 13.4. The van der Waals surface area contributed by atoms with Crippen LogP contribution >= 0.6 is 11.6 Å². The third-order valence-corrected chi connectivity index (χ3v) is 5.02. The van der Waals surface area contributed by atoms with Crippen molar-refractivity contribution in [1.29, 1.82) is 0 Å². The van der Waals surface area contributed by atoms with Crippen molar-refractivity contribution in [2.75, 3.05) is 0 Å². The summed E-state index contributed by atoms with van der Waals surface area (Å²) in [6.07, 6.45) is -2.69. The van der Waals surface area contributed by atoms with Crippen LogP contribution in [-0.2, 0) is 13.2 Å². The van der Waals surface area contributed by atoms with Gasteiger partial charge >= 0.3 is 11.9 Å². The molecular formula is C21H19ClF4N4O3. The van der Waals surface area contributed by atoms with Gasteiger partial charge in [-0.2, -0.15) is 17.9 Å². The summed E-state index contributed by atoms with van der Waals surface area (Å²) >= 11 is 5.99. The summed E-state index contributed by atoms with van der Waals surface area (Å²) in [6.45, 7) is 1.99. The van der Waals surface area contributed by atoms with Crippen LogP contribution in [0.2, 0.25) is 5.15 Å². The first kappa shape index (κ1) is 24.5. The van der Waals surface area contributed by atoms with Crippen LogP contribution in [0, 0.1) is 5.82 Å². The number of hydrogen-bond acceptors (Lipinski definition) is 5. The van der Waals surface area contributed by atoms with E-state index < -0.39 is 36.1 Å². The van der Waals surface area contributed by atoms with Crippen LogP contribution < -0.4 is 10.4 Å². The Balaban J connectivity index is 2.15. The number of aromatic nitrogens is 4. The molecule has 0 amide bonds. The molecule has 2 aromatic heterocycles. The third-order valence-electron chi connectivity index (χ3n) is 4.70. The van der Waals surface area contributed by atoms with Gasteiger partial charge in [0, 0.05) is 29.9 Å². The molecule has 1 N–H and O–H groups in total. The molecule has 7 nitrogen and oxygen atoms in total. The van der Waals surface area contributed by atoms with Gasteiger partial charge in [0.2, 0.25) is 0 Å². The Morgan fingerprint density at radius 1 is 1.27 bits per heavy atom. The van der Waals surface area contributed by atoms with Gasteiger partial charge in [-0.25, -0.2) is 14.2 Å². The first-order chi connectivity index (χ1) is 15.6. The molecule has 3 rings (SSSR count). The number of pyridine rings is 1. The molecule has 0 aliphatic carbocycles. The number of benzene rings is 1. The zero-order valence-corrected chi connectivity index (χ0v) is 18.2. The highest BCUT2D eigenvalue weighted by Gasteiger charge is 2.38. The fraction of sp³-hybridized carbons (Fsp3) is 0.286. The number of rotatable bonds is 7. The topological polar surface area (TPSA) is 82.2 Å². The van der Waals surface area contributed by atoms with Gasteiger partial charge in [-0.15, -0.1) is 5.10 Å². The van der Waals surface area contributed by atoms with Crippen molar-refractivity contribution < 1.29 is 27.4 Å². The van der Waals surface area contributed by atoms with Crippen LogP contribution in [0.5, 0.6) is 5.75 Å². The molecule has 0 saturated heterocycles. The SMILES string of the molecule is CCn1c(CO)nn(-c2cc(O[C@@H](C)C(F)(F)F)c(/C=C/c3cccnc3Cl)cc2F)c1=O. The van der Waals surface area contributed by atoms with Crippen LogP contribution in [-0.4, -0.2) is 36.7 Å². The third kappa shape index (κ3) is 5.25. The second-order valence-corrected chi connectivity index (χ2v) is 7.23. The molecule has 0 aliphatic heterocycles. The average Bonchev–Trinajstić information content (AvgIpc) is 3.09. The fourth-order valence-corrected chi connectivity index (χ4v) is 3.12. The van der Waals surface area contributed by atoms with Crippen LogP contribution in [0.15, 0.2) is 35.3 Å². The predicted octanol–water partition coefficient (Wildman–Crippen LogP) is 4.23. The largest absolute Gasteiger partial charge is 0.481 e. The maximum absolute atomic E-state index is 15.0. The van der Waals surface area contributed by atoms with Gasteiger partial charge in [0.25, 0.3) is 0 Å². The summed E-state index contributed by atoms with van der Waals surface area (Å²) in [6, 6.07) is 5.10. The lowest BCUT2D eigenvalue weighted by Crippen LogP contribution is -2.31. The van der Waals surface area contributed by atoms with Crippen molar-refractivity contribution in [3.8, 4) is 11.4 Å². The second kappa shape index (κ2) is 9.75. The highest BCUT2D eigenvalue weighted by molar-refractivity contribution is 6.30. The van der Waals surface area contributed by atoms with Crippen LogP contribution in [0.4, 0.5) is 17.6 Å². The zero-order chi connectivity index (χ0) is 24.3. The molecule has 0 spiro atoms. The monoisotopic (exact) mass is 486 g/mol. The summed E-state index contributed by atoms with van der Waals surface area (Å²) in [5.74, 6) is -1.30. The molecule has 0 bridgehead atoms. The average molecular weight is 487 g/mol. The lowest BCUT2D eigenvalue weighted by atomic mass is 10.1. The Labute approximate surface area is 190 Å². The second-order valence-electron chi connectivity index (χ2n) is 6.87. The molecule has 1 aromatic carbocycles. The number of halogens is 5. The standard InChI is InChI=1S/C21H19ClF4N4O3/c1-3-29-18(11-31)28-30(20(29)32)16-10-17(33-12(2)21(24,25)26)14(9-15(16)23)7-6-13-5-4-8-27-19(13)22/h4-10,12,31H,3,11H2,1-2H3/b7-6+/t12-/m0/s1. The maximum Gasteiger partial charge on any atom is 0.425 e. The van der Waals surface area contributed by atoms with E-state index in [4.69, 9.17) is 16.3 Å². The molecule has 176 valence electrons. The molecule has 0 aliphatic rings. The van der Waals surface area contributed by atoms with Crippen molar-refractivity contribution in [2.45, 2.75) is 39.3 Å². The van der Waals surface area contributed by atoms with Gasteiger partial charge in [0.1, 0.15) is 29.0 Å². The van der Waals surface area contributed by atoms with Gasteiger partial charge in [-0.1, -0.05) is 29.8 Å². The highest BCUT2D eigenvalue weighted by atomic mass is 35.5. The van der Waals surface area contributed by atoms with Crippen molar-refractivity contribution >= 4 is 23.8 Å². The maximum atomic E-state index is 15.0. The molecular weight excluding hydrogens is 468 g/mol. The molecule has 0 fully saturated rings. The lowest BCUT2D eigenvalue weighted by Gasteiger charge is -2.20. The number of hydrogen-bond donors (Lipinski definition) is 1. The van der Waals surface area contributed by atoms with Crippen molar-refractivity contribution in [3.63, 3.8) is 0 Å². The van der Waals surface area contributed by atoms with Gasteiger partial charge < -0.3 is 9.84 Å². The van der Waals surface area contributed by atoms with Crippen LogP contribution in [0.1, 0.15) is 30.8 Å². The number of alkyl halides is 3. The first-order valence-corrected chi connectivity index (χ1v) is 10.1. The smallest absolute Gasteiger partial charge is 0.425 e. The molecule has 12 heteroatoms. The summed E-state index contributed by atoms with van der Waals surface area (Å²) in [4.78, 5) is 16.5. The van der Waals surface area contributed by atoms with E-state index in [2.05, 4.69) is 10.1 Å². The number of nitrogens with zero attached hydrogens (tertiary/aromatic N) is 4. The zero-order valence-electron chi connectivity index (χ0n) is 17.5. The Morgan fingerprint density at radius 2 is 1.97 bits per heavy atom. The molecule has 0 saturated carbocycles. The van der Waals surface area contributed by atoms with E-state index in [1.54, 1.807) is 19.1 Å². The van der Waals surface area contributed by atoms with E-state index in [0.717, 1.165) is 23.6 Å². The normalized spacial score (nSPS) is 13.0. The molecule has 33 heavy (non-hydrogen) atoms. The summed E-state index contributed by atoms with van der Waals surface area (Å²) in [7, 11) is 0. The van der Waals surface area contributed by atoms with E-state index in [9.17, 15) is 27.5 Å². The minimum absolute atomic E-state index is 0.0248. The Hall–Kier alpha value is -3.18. The molecule has 1 atom stereocenters. The molecule has 3 aromatic rings. The fourth-order valence-electron chi connectivity index (χ4n) is 2.94. The summed E-state index contributed by atoms with van der Waals surface area (Å²) in [5.41, 5.74) is -0.773. The van der Waals surface area contributed by atoms with Gasteiger partial charge in [-0.05, 0) is 26.0 Å². The van der Waals surface area contributed by atoms with Crippen molar-refractivity contribution in [2.24, 2.45) is 0 Å². The number of aliphatic hydroxyl groups excluding tert-OH is 1. The van der Waals surface area contributed by atoms with Crippen LogP contribution in [0.3, 0.4) is 0 Å². The number of aliphatic hydroxyl groups is 1. The Bertz CT molecular complexity index is 1240. The summed E-state index contributed by atoms with van der Waals surface area (Å²) < 4.78 is 61.3. The van der Waals surface area contributed by atoms with Gasteiger partial charge in [0.15, 0.2) is 11.9 Å².